The highest BCUT2D eigenvalue weighted by molar-refractivity contribution is 5.94. The summed E-state index contributed by atoms with van der Waals surface area (Å²) < 4.78 is 10.7. The average Bonchev–Trinajstić information content (AvgIpc) is 2.53. The summed E-state index contributed by atoms with van der Waals surface area (Å²) in [5, 5.41) is 10.6. The number of carbonyl (C=O) groups is 1. The third kappa shape index (κ3) is 3.82. The number of hydrogen-bond donors (Lipinski definition) is 0. The summed E-state index contributed by atoms with van der Waals surface area (Å²) in [6.45, 7) is 2.47. The van der Waals surface area contributed by atoms with Crippen LogP contribution < -0.4 is 9.47 Å². The van der Waals surface area contributed by atoms with Gasteiger partial charge in [0.25, 0.3) is 5.69 Å². The Morgan fingerprint density at radius 3 is 2.45 bits per heavy atom. The third-order valence-electron chi connectivity index (χ3n) is 2.83. The van der Waals surface area contributed by atoms with Crippen molar-refractivity contribution in [2.45, 2.75) is 13.3 Å². The van der Waals surface area contributed by atoms with Gasteiger partial charge in [0.15, 0.2) is 0 Å². The van der Waals surface area contributed by atoms with Crippen LogP contribution in [0.5, 0.6) is 11.5 Å². The van der Waals surface area contributed by atoms with Gasteiger partial charge in [-0.1, -0.05) is 19.1 Å². The van der Waals surface area contributed by atoms with Gasteiger partial charge in [-0.15, -0.1) is 0 Å². The Morgan fingerprint density at radius 2 is 1.82 bits per heavy atom. The van der Waals surface area contributed by atoms with Crippen LogP contribution in [0.4, 0.5) is 5.69 Å². The molecule has 22 heavy (non-hydrogen) atoms. The zero-order valence-corrected chi connectivity index (χ0v) is 12.0. The number of nitro groups is 1. The molecule has 2 rings (SSSR count). The first-order chi connectivity index (χ1) is 10.6. The van der Waals surface area contributed by atoms with Crippen molar-refractivity contribution in [3.05, 3.63) is 64.2 Å². The first-order valence-electron chi connectivity index (χ1n) is 6.80. The van der Waals surface area contributed by atoms with Crippen LogP contribution in [0.25, 0.3) is 0 Å². The van der Waals surface area contributed by atoms with Crippen molar-refractivity contribution in [1.82, 2.24) is 0 Å². The van der Waals surface area contributed by atoms with E-state index >= 15 is 0 Å². The highest BCUT2D eigenvalue weighted by atomic mass is 16.6. The fourth-order valence-electron chi connectivity index (χ4n) is 1.77. The van der Waals surface area contributed by atoms with Crippen molar-refractivity contribution < 1.29 is 19.2 Å². The molecule has 0 heterocycles. The van der Waals surface area contributed by atoms with Crippen LogP contribution in [0.1, 0.15) is 23.7 Å². The average molecular weight is 301 g/mol. The third-order valence-corrected chi connectivity index (χ3v) is 2.83. The molecule has 0 aliphatic carbocycles. The molecule has 0 aliphatic rings. The van der Waals surface area contributed by atoms with Gasteiger partial charge in [0.1, 0.15) is 17.1 Å². The number of nitro benzene ring substituents is 1. The summed E-state index contributed by atoms with van der Waals surface area (Å²) in [5.74, 6) is 0.123. The van der Waals surface area contributed by atoms with Gasteiger partial charge in [-0.3, -0.25) is 10.1 Å². The van der Waals surface area contributed by atoms with Gasteiger partial charge in [-0.05, 0) is 30.7 Å². The summed E-state index contributed by atoms with van der Waals surface area (Å²) in [4.78, 5) is 22.2. The van der Waals surface area contributed by atoms with Crippen LogP contribution in [-0.2, 0) is 0 Å². The van der Waals surface area contributed by atoms with Crippen molar-refractivity contribution in [1.29, 1.82) is 0 Å². The quantitative estimate of drug-likeness (QED) is 0.352. The van der Waals surface area contributed by atoms with E-state index in [9.17, 15) is 14.9 Å². The Bertz CT molecular complexity index is 666. The molecule has 0 aliphatic heterocycles. The summed E-state index contributed by atoms with van der Waals surface area (Å²) >= 11 is 0. The van der Waals surface area contributed by atoms with Gasteiger partial charge < -0.3 is 9.47 Å². The molecule has 0 amide bonds. The largest absolute Gasteiger partial charge is 0.493 e. The van der Waals surface area contributed by atoms with Crippen molar-refractivity contribution in [3.63, 3.8) is 0 Å². The predicted octanol–water partition coefficient (Wildman–Crippen LogP) is 3.60. The van der Waals surface area contributed by atoms with Crippen LogP contribution >= 0.6 is 0 Å². The predicted molar refractivity (Wildman–Crippen MR) is 80.3 cm³/mol. The Hall–Kier alpha value is -2.89. The second kappa shape index (κ2) is 7.21. The Labute approximate surface area is 127 Å². The molecule has 0 aromatic heterocycles. The van der Waals surface area contributed by atoms with E-state index in [0.717, 1.165) is 6.42 Å². The molecule has 0 saturated carbocycles. The second-order valence-corrected chi connectivity index (χ2v) is 4.49. The minimum Gasteiger partial charge on any atom is -0.493 e. The highest BCUT2D eigenvalue weighted by Crippen LogP contribution is 2.22. The summed E-state index contributed by atoms with van der Waals surface area (Å²) in [6, 6.07) is 12.1. The highest BCUT2D eigenvalue weighted by Gasteiger charge is 2.15. The van der Waals surface area contributed by atoms with Crippen LogP contribution in [0.3, 0.4) is 0 Å². The van der Waals surface area contributed by atoms with Gasteiger partial charge in [0.2, 0.25) is 0 Å². The van der Waals surface area contributed by atoms with Crippen LogP contribution in [0.15, 0.2) is 48.5 Å². The van der Waals surface area contributed by atoms with E-state index in [1.54, 1.807) is 24.3 Å². The van der Waals surface area contributed by atoms with Gasteiger partial charge >= 0.3 is 5.97 Å². The van der Waals surface area contributed by atoms with Gasteiger partial charge in [-0.25, -0.2) is 4.79 Å². The van der Waals surface area contributed by atoms with E-state index in [0.29, 0.717) is 17.9 Å². The van der Waals surface area contributed by atoms with E-state index in [4.69, 9.17) is 9.47 Å². The van der Waals surface area contributed by atoms with Crippen LogP contribution in [-0.4, -0.2) is 17.5 Å². The molecule has 0 unspecified atom stereocenters. The van der Waals surface area contributed by atoms with E-state index < -0.39 is 10.9 Å². The molecule has 0 spiro atoms. The summed E-state index contributed by atoms with van der Waals surface area (Å²) in [7, 11) is 0. The maximum absolute atomic E-state index is 12.2. The van der Waals surface area contributed by atoms with Crippen LogP contribution in [0.2, 0.25) is 0 Å². The molecule has 0 N–H and O–H groups in total. The Balaban J connectivity index is 2.13. The minimum absolute atomic E-state index is 0.0634. The molecule has 0 atom stereocenters. The number of benzene rings is 2. The SMILES string of the molecule is CCCOc1ccccc1C(=O)Oc1ccc([N+](=O)[O-])cc1. The molecule has 0 radical (unpaired) electrons. The summed E-state index contributed by atoms with van der Waals surface area (Å²) in [6.07, 6.45) is 0.825. The monoisotopic (exact) mass is 301 g/mol. The molecule has 6 nitrogen and oxygen atoms in total. The molecule has 2 aromatic rings. The molecule has 0 saturated heterocycles. The zero-order valence-electron chi connectivity index (χ0n) is 12.0. The first kappa shape index (κ1) is 15.5. The number of ether oxygens (including phenoxy) is 2. The van der Waals surface area contributed by atoms with Crippen LogP contribution in [0, 0.1) is 10.1 Å². The standard InChI is InChI=1S/C16H15NO5/c1-2-11-21-15-6-4-3-5-14(15)16(18)22-13-9-7-12(8-10-13)17(19)20/h3-10H,2,11H2,1H3. The Morgan fingerprint density at radius 1 is 1.14 bits per heavy atom. The smallest absolute Gasteiger partial charge is 0.347 e. The number of para-hydroxylation sites is 1. The number of non-ortho nitro benzene ring substituents is 1. The normalized spacial score (nSPS) is 10.0. The lowest BCUT2D eigenvalue weighted by Gasteiger charge is -2.10. The fourth-order valence-corrected chi connectivity index (χ4v) is 1.77. The van der Waals surface area contributed by atoms with Gasteiger partial charge in [0, 0.05) is 12.1 Å². The molecule has 6 heteroatoms. The molecular formula is C16H15NO5. The molecule has 114 valence electrons. The summed E-state index contributed by atoms with van der Waals surface area (Å²) in [5.41, 5.74) is 0.251. The van der Waals surface area contributed by atoms with E-state index in [2.05, 4.69) is 0 Å². The topological polar surface area (TPSA) is 78.7 Å². The van der Waals surface area contributed by atoms with Gasteiger partial charge in [0.05, 0.1) is 11.5 Å². The first-order valence-corrected chi connectivity index (χ1v) is 6.80. The van der Waals surface area contributed by atoms with Crippen molar-refractivity contribution >= 4 is 11.7 Å². The number of nitrogens with zero attached hydrogens (tertiary/aromatic N) is 1. The van der Waals surface area contributed by atoms with Crippen molar-refractivity contribution in [2.75, 3.05) is 6.61 Å². The second-order valence-electron chi connectivity index (χ2n) is 4.49. The fraction of sp³-hybridized carbons (Fsp3) is 0.188. The van der Waals surface area contributed by atoms with Crippen molar-refractivity contribution in [2.24, 2.45) is 0 Å². The van der Waals surface area contributed by atoms with E-state index in [1.165, 1.54) is 24.3 Å². The van der Waals surface area contributed by atoms with E-state index in [-0.39, 0.29) is 11.4 Å². The van der Waals surface area contributed by atoms with Crippen molar-refractivity contribution in [3.8, 4) is 11.5 Å². The number of carbonyl (C=O) groups excluding carboxylic acids is 1. The lowest BCUT2D eigenvalue weighted by Crippen LogP contribution is -2.11. The minimum atomic E-state index is -0.569. The molecular weight excluding hydrogens is 286 g/mol. The lowest BCUT2D eigenvalue weighted by molar-refractivity contribution is -0.384. The number of esters is 1. The van der Waals surface area contributed by atoms with E-state index in [1.807, 2.05) is 6.92 Å². The molecule has 2 aromatic carbocycles. The maximum atomic E-state index is 12.2. The molecule has 0 bridgehead atoms. The lowest BCUT2D eigenvalue weighted by atomic mass is 10.2. The number of rotatable bonds is 6. The Kier molecular flexibility index (Phi) is 5.08. The molecule has 0 fully saturated rings. The number of hydrogen-bond acceptors (Lipinski definition) is 5. The maximum Gasteiger partial charge on any atom is 0.347 e. The zero-order chi connectivity index (χ0) is 15.9. The van der Waals surface area contributed by atoms with Gasteiger partial charge in [-0.2, -0.15) is 0 Å².